The van der Waals surface area contributed by atoms with Crippen LogP contribution in [-0.4, -0.2) is 20.6 Å². The van der Waals surface area contributed by atoms with Crippen molar-refractivity contribution >= 4 is 21.4 Å². The first-order valence-corrected chi connectivity index (χ1v) is 7.63. The van der Waals surface area contributed by atoms with E-state index in [0.717, 1.165) is 34.2 Å². The van der Waals surface area contributed by atoms with Crippen molar-refractivity contribution < 1.29 is 4.39 Å². The molecule has 0 unspecified atom stereocenters. The van der Waals surface area contributed by atoms with Crippen molar-refractivity contribution in [3.05, 3.63) is 48.4 Å². The van der Waals surface area contributed by atoms with Gasteiger partial charge in [-0.15, -0.1) is 5.10 Å². The van der Waals surface area contributed by atoms with Crippen LogP contribution >= 0.6 is 11.3 Å². The third-order valence-electron chi connectivity index (χ3n) is 3.52. The van der Waals surface area contributed by atoms with Crippen molar-refractivity contribution in [2.24, 2.45) is 0 Å². The number of anilines is 1. The lowest BCUT2D eigenvalue weighted by Crippen LogP contribution is -2.14. The van der Waals surface area contributed by atoms with Crippen LogP contribution < -0.4 is 5.32 Å². The molecular weight excluding hydrogens is 287 g/mol. The van der Waals surface area contributed by atoms with E-state index >= 15 is 0 Å². The summed E-state index contributed by atoms with van der Waals surface area (Å²) >= 11 is 1.53. The first kappa shape index (κ1) is 12.5. The molecule has 106 valence electrons. The third-order valence-corrected chi connectivity index (χ3v) is 4.37. The Morgan fingerprint density at radius 3 is 2.67 bits per heavy atom. The second-order valence-electron chi connectivity index (χ2n) is 5.05. The Labute approximate surface area is 124 Å². The largest absolute Gasteiger partial charge is 0.357 e. The van der Waals surface area contributed by atoms with E-state index in [-0.39, 0.29) is 5.82 Å². The molecule has 3 aromatic rings. The highest BCUT2D eigenvalue weighted by molar-refractivity contribution is 7.20. The van der Waals surface area contributed by atoms with Gasteiger partial charge in [0.1, 0.15) is 5.82 Å². The average molecular weight is 300 g/mol. The van der Waals surface area contributed by atoms with E-state index in [2.05, 4.69) is 27.6 Å². The minimum absolute atomic E-state index is 0.241. The van der Waals surface area contributed by atoms with E-state index in [0.29, 0.717) is 6.04 Å². The van der Waals surface area contributed by atoms with E-state index in [1.54, 1.807) is 16.6 Å². The molecule has 0 bridgehead atoms. The molecule has 0 spiro atoms. The molecule has 1 aliphatic rings. The van der Waals surface area contributed by atoms with Gasteiger partial charge in [-0.2, -0.15) is 0 Å². The fourth-order valence-corrected chi connectivity index (χ4v) is 3.29. The van der Waals surface area contributed by atoms with Gasteiger partial charge in [-0.3, -0.25) is 0 Å². The van der Waals surface area contributed by atoms with Gasteiger partial charge < -0.3 is 5.32 Å². The van der Waals surface area contributed by atoms with Gasteiger partial charge >= 0.3 is 0 Å². The summed E-state index contributed by atoms with van der Waals surface area (Å²) in [4.78, 5) is 5.38. The number of rotatable bonds is 3. The van der Waals surface area contributed by atoms with Crippen molar-refractivity contribution in [2.75, 3.05) is 5.32 Å². The number of aromatic nitrogens is 3. The van der Waals surface area contributed by atoms with Gasteiger partial charge in [0.25, 0.3) is 0 Å². The minimum atomic E-state index is -0.241. The molecule has 0 saturated carbocycles. The molecule has 2 heterocycles. The number of fused-ring (bicyclic) bond motifs is 1. The fourth-order valence-electron chi connectivity index (χ4n) is 2.43. The zero-order chi connectivity index (χ0) is 14.2. The van der Waals surface area contributed by atoms with Crippen LogP contribution in [0.4, 0.5) is 9.52 Å². The van der Waals surface area contributed by atoms with E-state index in [4.69, 9.17) is 0 Å². The van der Waals surface area contributed by atoms with Crippen molar-refractivity contribution in [1.29, 1.82) is 0 Å². The Morgan fingerprint density at radius 1 is 1.19 bits per heavy atom. The Kier molecular flexibility index (Phi) is 2.96. The van der Waals surface area contributed by atoms with Gasteiger partial charge in [-0.25, -0.2) is 13.9 Å². The number of imidazole rings is 1. The topological polar surface area (TPSA) is 42.2 Å². The SMILES string of the molecule is Fc1ccc(-c2cn3nc(NC4CC=CC4)sc3n2)cc1. The van der Waals surface area contributed by atoms with Crippen molar-refractivity contribution in [3.8, 4) is 11.3 Å². The molecule has 4 rings (SSSR count). The summed E-state index contributed by atoms with van der Waals surface area (Å²) in [5, 5.41) is 8.80. The van der Waals surface area contributed by atoms with Crippen LogP contribution in [0.2, 0.25) is 0 Å². The zero-order valence-electron chi connectivity index (χ0n) is 11.2. The van der Waals surface area contributed by atoms with Gasteiger partial charge in [0.05, 0.1) is 11.9 Å². The summed E-state index contributed by atoms with van der Waals surface area (Å²) in [6, 6.07) is 6.78. The molecule has 2 aromatic heterocycles. The molecule has 6 heteroatoms. The lowest BCUT2D eigenvalue weighted by atomic mass is 10.2. The molecule has 1 aliphatic carbocycles. The molecule has 0 amide bonds. The molecule has 4 nitrogen and oxygen atoms in total. The van der Waals surface area contributed by atoms with E-state index in [9.17, 15) is 4.39 Å². The Morgan fingerprint density at radius 2 is 1.95 bits per heavy atom. The molecule has 1 N–H and O–H groups in total. The van der Waals surface area contributed by atoms with E-state index in [1.807, 2.05) is 6.20 Å². The molecule has 21 heavy (non-hydrogen) atoms. The standard InChI is InChI=1S/C15H13FN4S/c16-11-7-5-10(6-8-11)13-9-20-15(18-13)21-14(19-20)17-12-3-1-2-4-12/h1-2,5-9,12H,3-4H2,(H,17,19). The molecule has 0 saturated heterocycles. The number of nitrogens with zero attached hydrogens (tertiary/aromatic N) is 3. The first-order chi connectivity index (χ1) is 10.3. The maximum atomic E-state index is 12.9. The second-order valence-corrected chi connectivity index (χ2v) is 6.01. The van der Waals surface area contributed by atoms with Crippen LogP contribution in [0.5, 0.6) is 0 Å². The van der Waals surface area contributed by atoms with Crippen LogP contribution in [0.1, 0.15) is 12.8 Å². The van der Waals surface area contributed by atoms with Gasteiger partial charge in [0, 0.05) is 11.6 Å². The summed E-state index contributed by atoms with van der Waals surface area (Å²) in [7, 11) is 0. The van der Waals surface area contributed by atoms with E-state index < -0.39 is 0 Å². The summed E-state index contributed by atoms with van der Waals surface area (Å²) in [6.07, 6.45) is 8.33. The van der Waals surface area contributed by atoms with Gasteiger partial charge in [-0.05, 0) is 37.1 Å². The lowest BCUT2D eigenvalue weighted by molar-refractivity contribution is 0.628. The normalized spacial score (nSPS) is 15.1. The fraction of sp³-hybridized carbons (Fsp3) is 0.200. The van der Waals surface area contributed by atoms with Gasteiger partial charge in [0.15, 0.2) is 0 Å². The van der Waals surface area contributed by atoms with Crippen LogP contribution in [0.25, 0.3) is 16.2 Å². The van der Waals surface area contributed by atoms with Crippen LogP contribution in [0.3, 0.4) is 0 Å². The summed E-state index contributed by atoms with van der Waals surface area (Å²) in [6.45, 7) is 0. The minimum Gasteiger partial charge on any atom is -0.357 e. The monoisotopic (exact) mass is 300 g/mol. The van der Waals surface area contributed by atoms with Gasteiger partial charge in [0.2, 0.25) is 10.1 Å². The molecule has 0 aliphatic heterocycles. The summed E-state index contributed by atoms with van der Waals surface area (Å²) in [5.74, 6) is -0.241. The number of benzene rings is 1. The van der Waals surface area contributed by atoms with Crippen LogP contribution in [0, 0.1) is 5.82 Å². The van der Waals surface area contributed by atoms with E-state index in [1.165, 1.54) is 23.5 Å². The maximum absolute atomic E-state index is 12.9. The zero-order valence-corrected chi connectivity index (χ0v) is 12.0. The molecule has 0 fully saturated rings. The quantitative estimate of drug-likeness (QED) is 0.749. The number of hydrogen-bond donors (Lipinski definition) is 1. The highest BCUT2D eigenvalue weighted by atomic mass is 32.1. The number of halogens is 1. The Hall–Kier alpha value is -2.21. The van der Waals surface area contributed by atoms with Gasteiger partial charge in [-0.1, -0.05) is 23.5 Å². The predicted octanol–water partition coefficient (Wildman–Crippen LogP) is 3.73. The molecular formula is C15H13FN4S. The smallest absolute Gasteiger partial charge is 0.214 e. The maximum Gasteiger partial charge on any atom is 0.214 e. The first-order valence-electron chi connectivity index (χ1n) is 6.81. The van der Waals surface area contributed by atoms with Crippen molar-refractivity contribution in [1.82, 2.24) is 14.6 Å². The average Bonchev–Trinajstić information content (AvgIpc) is 3.16. The summed E-state index contributed by atoms with van der Waals surface area (Å²) < 4.78 is 14.7. The van der Waals surface area contributed by atoms with Crippen LogP contribution in [0.15, 0.2) is 42.6 Å². The Balaban J connectivity index is 1.59. The third kappa shape index (κ3) is 2.42. The highest BCUT2D eigenvalue weighted by Gasteiger charge is 2.14. The number of hydrogen-bond acceptors (Lipinski definition) is 4. The summed E-state index contributed by atoms with van der Waals surface area (Å²) in [5.41, 5.74) is 1.70. The van der Waals surface area contributed by atoms with Crippen molar-refractivity contribution in [2.45, 2.75) is 18.9 Å². The number of nitrogens with one attached hydrogen (secondary N) is 1. The molecule has 1 aromatic carbocycles. The Bertz CT molecular complexity index is 763. The molecule has 0 radical (unpaired) electrons. The van der Waals surface area contributed by atoms with Crippen molar-refractivity contribution in [3.63, 3.8) is 0 Å². The lowest BCUT2D eigenvalue weighted by Gasteiger charge is -2.08. The highest BCUT2D eigenvalue weighted by Crippen LogP contribution is 2.26. The van der Waals surface area contributed by atoms with Crippen LogP contribution in [-0.2, 0) is 0 Å². The molecule has 0 atom stereocenters. The predicted molar refractivity (Wildman–Crippen MR) is 82.0 cm³/mol. The second kappa shape index (κ2) is 4.96.